The molecule has 1 aliphatic rings. The Morgan fingerprint density at radius 2 is 2.11 bits per heavy atom. The van der Waals surface area contributed by atoms with Gasteiger partial charge in [-0.3, -0.25) is 13.9 Å². The predicted octanol–water partition coefficient (Wildman–Crippen LogP) is 1.88. The zero-order chi connectivity index (χ0) is 27.0. The molecule has 3 aromatic rings. The van der Waals surface area contributed by atoms with E-state index >= 15 is 4.39 Å². The second-order valence-corrected chi connectivity index (χ2v) is 10.3. The zero-order valence-electron chi connectivity index (χ0n) is 19.5. The van der Waals surface area contributed by atoms with Gasteiger partial charge in [0.15, 0.2) is 23.2 Å². The number of benzene rings is 1. The summed E-state index contributed by atoms with van der Waals surface area (Å²) in [5.41, 5.74) is 6.06. The molecule has 0 spiro atoms. The highest BCUT2D eigenvalue weighted by molar-refractivity contribution is 7.52. The number of alkyl halides is 2. The van der Waals surface area contributed by atoms with Crippen molar-refractivity contribution >= 4 is 48.2 Å². The summed E-state index contributed by atoms with van der Waals surface area (Å²) in [6.07, 6.45) is -3.89. The average Bonchev–Trinajstić information content (AvgIpc) is 3.35. The van der Waals surface area contributed by atoms with Crippen molar-refractivity contribution in [3.8, 4) is 5.75 Å². The van der Waals surface area contributed by atoms with E-state index in [9.17, 15) is 19.6 Å². The molecule has 14 nitrogen and oxygen atoms in total. The normalized spacial score (nSPS) is 26.0. The van der Waals surface area contributed by atoms with Crippen LogP contribution in [0.4, 0.5) is 16.2 Å². The fraction of sp³-hybridized carbons (Fsp3) is 0.400. The molecule has 6 atom stereocenters. The Bertz CT molecular complexity index is 1330. The summed E-state index contributed by atoms with van der Waals surface area (Å²) < 4.78 is 46.5. The monoisotopic (exact) mass is 559 g/mol. The maximum absolute atomic E-state index is 15.6. The van der Waals surface area contributed by atoms with Gasteiger partial charge in [-0.1, -0.05) is 29.8 Å². The van der Waals surface area contributed by atoms with Gasteiger partial charge in [-0.05, 0) is 19.1 Å². The number of aliphatic carboxylic acids is 1. The largest absolute Gasteiger partial charge is 0.480 e. The number of hydrogen-bond donors (Lipinski definition) is 5. The summed E-state index contributed by atoms with van der Waals surface area (Å²) in [6, 6.07) is 6.50. The van der Waals surface area contributed by atoms with Crippen LogP contribution in [0, 0.1) is 0 Å². The topological polar surface area (TPSA) is 196 Å². The van der Waals surface area contributed by atoms with Gasteiger partial charge < -0.3 is 30.5 Å². The molecule has 0 radical (unpaired) electrons. The second-order valence-electron chi connectivity index (χ2n) is 8.04. The molecule has 1 fully saturated rings. The number of fused-ring (bicyclic) bond motifs is 1. The molecule has 1 aromatic carbocycles. The van der Waals surface area contributed by atoms with Crippen LogP contribution in [0.25, 0.3) is 11.2 Å². The number of carboxylic acids is 1. The van der Waals surface area contributed by atoms with Crippen molar-refractivity contribution in [3.63, 3.8) is 0 Å². The summed E-state index contributed by atoms with van der Waals surface area (Å²) >= 11 is 6.06. The van der Waals surface area contributed by atoms with Gasteiger partial charge in [0.1, 0.15) is 24.0 Å². The number of aromatic nitrogens is 4. The molecule has 1 saturated heterocycles. The van der Waals surface area contributed by atoms with Crippen molar-refractivity contribution in [2.45, 2.75) is 36.5 Å². The number of nitrogen functional groups attached to an aromatic ring is 1. The molecule has 0 amide bonds. The fourth-order valence-electron chi connectivity index (χ4n) is 3.56. The molecular formula is C20H24ClFN7O7P. The first-order chi connectivity index (χ1) is 17.4. The first-order valence-corrected chi connectivity index (χ1v) is 12.8. The second kappa shape index (κ2) is 10.4. The van der Waals surface area contributed by atoms with Crippen LogP contribution in [0.3, 0.4) is 0 Å². The summed E-state index contributed by atoms with van der Waals surface area (Å²) in [4.78, 5) is 23.5. The van der Waals surface area contributed by atoms with Crippen molar-refractivity contribution in [3.05, 3.63) is 36.7 Å². The molecule has 1 aliphatic heterocycles. The van der Waals surface area contributed by atoms with Gasteiger partial charge in [0.25, 0.3) is 5.13 Å². The van der Waals surface area contributed by atoms with Crippen molar-refractivity contribution < 1.29 is 37.7 Å². The minimum absolute atomic E-state index is 0.0772. The van der Waals surface area contributed by atoms with Crippen molar-refractivity contribution in [1.29, 1.82) is 0 Å². The number of nitrogens with one attached hydrogen (secondary N) is 2. The van der Waals surface area contributed by atoms with Gasteiger partial charge in [0.2, 0.25) is 5.95 Å². The lowest BCUT2D eigenvalue weighted by atomic mass is 10.1. The number of para-hydroxylation sites is 1. The van der Waals surface area contributed by atoms with E-state index in [1.807, 2.05) is 0 Å². The number of aliphatic hydroxyl groups excluding tert-OH is 1. The van der Waals surface area contributed by atoms with Crippen LogP contribution in [-0.2, 0) is 18.6 Å². The van der Waals surface area contributed by atoms with E-state index in [4.69, 9.17) is 31.1 Å². The van der Waals surface area contributed by atoms with Gasteiger partial charge >= 0.3 is 13.7 Å². The SMILES string of the molecule is CNc1nc(N)nc2c1ncn2[C@@H]1O[C@H](CO[P@@](=O)(N[C@@H](C)C(=O)O)Oc2ccccc2)[C@@H](O)[C@]1(F)Cl. The Kier molecular flexibility index (Phi) is 7.55. The lowest BCUT2D eigenvalue weighted by Crippen LogP contribution is -2.39. The first-order valence-electron chi connectivity index (χ1n) is 10.8. The van der Waals surface area contributed by atoms with Gasteiger partial charge in [0.05, 0.1) is 12.9 Å². The lowest BCUT2D eigenvalue weighted by Gasteiger charge is -2.24. The smallest absolute Gasteiger partial charge is 0.459 e. The number of carbonyl (C=O) groups is 1. The quantitative estimate of drug-likeness (QED) is 0.178. The molecule has 17 heteroatoms. The minimum Gasteiger partial charge on any atom is -0.480 e. The van der Waals surface area contributed by atoms with Gasteiger partial charge in [-0.25, -0.2) is 13.9 Å². The maximum Gasteiger partial charge on any atom is 0.459 e. The molecule has 0 unspecified atom stereocenters. The van der Waals surface area contributed by atoms with Crippen molar-refractivity contribution in [2.24, 2.45) is 0 Å². The Morgan fingerprint density at radius 1 is 1.41 bits per heavy atom. The summed E-state index contributed by atoms with van der Waals surface area (Å²) in [7, 11) is -2.78. The van der Waals surface area contributed by atoms with E-state index in [1.165, 1.54) is 25.4 Å². The molecule has 37 heavy (non-hydrogen) atoms. The highest BCUT2D eigenvalue weighted by atomic mass is 35.5. The van der Waals surface area contributed by atoms with Crippen molar-refractivity contribution in [1.82, 2.24) is 24.6 Å². The van der Waals surface area contributed by atoms with Crippen LogP contribution in [0.2, 0.25) is 0 Å². The van der Waals surface area contributed by atoms with Gasteiger partial charge in [-0.2, -0.15) is 15.1 Å². The molecule has 0 aliphatic carbocycles. The number of halogens is 2. The van der Waals surface area contributed by atoms with Crippen molar-refractivity contribution in [2.75, 3.05) is 24.7 Å². The van der Waals surface area contributed by atoms with Gasteiger partial charge in [-0.15, -0.1) is 0 Å². The van der Waals surface area contributed by atoms with E-state index in [0.29, 0.717) is 0 Å². The predicted molar refractivity (Wildman–Crippen MR) is 130 cm³/mol. The summed E-state index contributed by atoms with van der Waals surface area (Å²) in [5, 5.41) is 22.0. The van der Waals surface area contributed by atoms with Crippen LogP contribution in [0.15, 0.2) is 36.7 Å². The van der Waals surface area contributed by atoms with Crippen LogP contribution in [0.1, 0.15) is 13.2 Å². The number of rotatable bonds is 10. The van der Waals surface area contributed by atoms with E-state index in [2.05, 4.69) is 25.4 Å². The molecule has 0 bridgehead atoms. The van der Waals surface area contributed by atoms with Gasteiger partial charge in [0, 0.05) is 7.05 Å². The number of carboxylic acid groups (broad SMARTS) is 1. The third-order valence-corrected chi connectivity index (χ3v) is 7.46. The summed E-state index contributed by atoms with van der Waals surface area (Å²) in [6.45, 7) is 0.539. The van der Waals surface area contributed by atoms with E-state index < -0.39 is 49.9 Å². The maximum atomic E-state index is 15.6. The number of aliphatic hydroxyl groups is 1. The van der Waals surface area contributed by atoms with Crippen LogP contribution in [-0.4, -0.2) is 72.7 Å². The highest BCUT2D eigenvalue weighted by Crippen LogP contribution is 2.49. The average molecular weight is 560 g/mol. The number of ether oxygens (including phenoxy) is 1. The Morgan fingerprint density at radius 3 is 2.76 bits per heavy atom. The minimum atomic E-state index is -4.36. The molecule has 6 N–H and O–H groups in total. The van der Waals surface area contributed by atoms with E-state index in [-0.39, 0.29) is 28.7 Å². The third-order valence-electron chi connectivity index (χ3n) is 5.41. The third kappa shape index (κ3) is 5.46. The zero-order valence-corrected chi connectivity index (χ0v) is 21.1. The first kappa shape index (κ1) is 27.0. The summed E-state index contributed by atoms with van der Waals surface area (Å²) in [5.74, 6) is -1.07. The van der Waals surface area contributed by atoms with E-state index in [0.717, 1.165) is 4.57 Å². The molecule has 3 heterocycles. The Hall–Kier alpha value is -3.07. The Balaban J connectivity index is 1.58. The van der Waals surface area contributed by atoms with Crippen LogP contribution >= 0.6 is 19.3 Å². The van der Waals surface area contributed by atoms with Crippen LogP contribution < -0.4 is 20.7 Å². The highest BCUT2D eigenvalue weighted by Gasteiger charge is 2.58. The Labute approximate surface area is 214 Å². The molecule has 2 aromatic heterocycles. The number of nitrogens with two attached hydrogens (primary N) is 1. The fourth-order valence-corrected chi connectivity index (χ4v) is 5.36. The molecule has 0 saturated carbocycles. The molecule has 200 valence electrons. The van der Waals surface area contributed by atoms with E-state index in [1.54, 1.807) is 25.2 Å². The number of hydrogen-bond acceptors (Lipinski definition) is 11. The standard InChI is InChI=1S/C20H24ClFN7O7P/c1-10(17(31)32)28-37(33,36-11-6-4-3-5-7-11)34-8-12-14(30)20(21,22)18(35-12)29-9-25-13-15(24-2)26-19(23)27-16(13)29/h3-7,9-10,12,14,18,30H,8H2,1-2H3,(H,28,33)(H,31,32)(H3,23,24,26,27)/t10-,12+,14+,18+,20+,37-/m0/s1. The molecule has 4 rings (SSSR count). The van der Waals surface area contributed by atoms with Crippen LogP contribution in [0.5, 0.6) is 5.75 Å². The molecular weight excluding hydrogens is 536 g/mol. The number of anilines is 2. The number of imidazole rings is 1. The lowest BCUT2D eigenvalue weighted by molar-refractivity contribution is -0.138. The number of nitrogens with zero attached hydrogens (tertiary/aromatic N) is 4.